The van der Waals surface area contributed by atoms with Gasteiger partial charge in [0.15, 0.2) is 5.78 Å². The first kappa shape index (κ1) is 17.0. The smallest absolute Gasteiger partial charge is 0.155 e. The molecule has 0 heterocycles. The monoisotopic (exact) mass is 438 g/mol. The highest BCUT2D eigenvalue weighted by Gasteiger charge is 2.57. The van der Waals surface area contributed by atoms with Crippen LogP contribution in [0.5, 0.6) is 0 Å². The summed E-state index contributed by atoms with van der Waals surface area (Å²) in [6, 6.07) is 0. The molecule has 0 aromatic rings. The number of carbonyl (C=O) groups is 2. The summed E-state index contributed by atoms with van der Waals surface area (Å²) in [4.78, 5) is 24.4. The van der Waals surface area contributed by atoms with E-state index in [1.54, 1.807) is 5.57 Å². The second kappa shape index (κ2) is 5.78. The van der Waals surface area contributed by atoms with Gasteiger partial charge in [0.1, 0.15) is 5.78 Å². The number of halogens is 1. The summed E-state index contributed by atoms with van der Waals surface area (Å²) >= 11 is 2.23. The summed E-state index contributed by atoms with van der Waals surface area (Å²) in [6.45, 7) is 4.75. The van der Waals surface area contributed by atoms with Crippen LogP contribution in [-0.4, -0.2) is 16.0 Å². The summed E-state index contributed by atoms with van der Waals surface area (Å²) in [5.41, 5.74) is 3.27. The Balaban J connectivity index is 1.72. The standard InChI is InChI=1S/C21H27IO2/c1-20-9-7-14(23)11-13(20)3-4-15-16-5-6-18(19(24)12-22)21(16,2)10-8-17(15)20/h8,11,15-16,18H,3-7,9-10,12H2,1-2H3/t15-,16-,18+,20-,21-/m0/s1. The van der Waals surface area contributed by atoms with Gasteiger partial charge in [-0.2, -0.15) is 0 Å². The Morgan fingerprint density at radius 2 is 2.04 bits per heavy atom. The van der Waals surface area contributed by atoms with Crippen molar-refractivity contribution >= 4 is 34.2 Å². The van der Waals surface area contributed by atoms with Gasteiger partial charge in [0.2, 0.25) is 0 Å². The van der Waals surface area contributed by atoms with Crippen LogP contribution in [0.4, 0.5) is 0 Å². The molecule has 0 aromatic heterocycles. The zero-order chi connectivity index (χ0) is 17.1. The third-order valence-electron chi connectivity index (χ3n) is 7.85. The van der Waals surface area contributed by atoms with Crippen LogP contribution >= 0.6 is 22.6 Å². The van der Waals surface area contributed by atoms with Crippen molar-refractivity contribution in [2.45, 2.75) is 58.8 Å². The molecule has 0 unspecified atom stereocenters. The molecule has 24 heavy (non-hydrogen) atoms. The number of Topliss-reactive ketones (excluding diaryl/α,β-unsaturated/α-hetero) is 1. The van der Waals surface area contributed by atoms with Gasteiger partial charge >= 0.3 is 0 Å². The van der Waals surface area contributed by atoms with Crippen LogP contribution in [0.15, 0.2) is 23.3 Å². The highest BCUT2D eigenvalue weighted by molar-refractivity contribution is 14.1. The van der Waals surface area contributed by atoms with E-state index in [0.717, 1.165) is 25.7 Å². The van der Waals surface area contributed by atoms with Gasteiger partial charge in [-0.15, -0.1) is 0 Å². The van der Waals surface area contributed by atoms with E-state index in [1.165, 1.54) is 18.4 Å². The van der Waals surface area contributed by atoms with Gasteiger partial charge in [-0.25, -0.2) is 0 Å². The molecule has 0 aromatic carbocycles. The minimum atomic E-state index is 0.115. The second-order valence-corrected chi connectivity index (χ2v) is 9.58. The summed E-state index contributed by atoms with van der Waals surface area (Å²) in [6.07, 6.45) is 11.7. The zero-order valence-corrected chi connectivity index (χ0v) is 16.9. The molecular weight excluding hydrogens is 411 g/mol. The Hall–Kier alpha value is -0.450. The first-order valence-electron chi connectivity index (χ1n) is 9.43. The van der Waals surface area contributed by atoms with Gasteiger partial charge in [0.25, 0.3) is 0 Å². The second-order valence-electron chi connectivity index (χ2n) is 8.82. The van der Waals surface area contributed by atoms with Crippen molar-refractivity contribution in [2.24, 2.45) is 28.6 Å². The quantitative estimate of drug-likeness (QED) is 0.343. The van der Waals surface area contributed by atoms with E-state index in [-0.39, 0.29) is 16.7 Å². The number of rotatable bonds is 2. The van der Waals surface area contributed by atoms with E-state index in [1.807, 2.05) is 6.08 Å². The molecular formula is C21H27IO2. The fourth-order valence-electron chi connectivity index (χ4n) is 6.48. The molecule has 0 radical (unpaired) electrons. The van der Waals surface area contributed by atoms with E-state index < -0.39 is 0 Å². The first-order chi connectivity index (χ1) is 11.4. The Kier molecular flexibility index (Phi) is 4.09. The maximum atomic E-state index is 12.5. The number of allylic oxidation sites excluding steroid dienone is 4. The molecule has 0 spiro atoms. The molecule has 2 fully saturated rings. The van der Waals surface area contributed by atoms with E-state index >= 15 is 0 Å². The first-order valence-corrected chi connectivity index (χ1v) is 11.0. The van der Waals surface area contributed by atoms with Crippen molar-refractivity contribution in [2.75, 3.05) is 4.43 Å². The topological polar surface area (TPSA) is 34.1 Å². The fraction of sp³-hybridized carbons (Fsp3) is 0.714. The molecule has 0 amide bonds. The number of hydrogen-bond acceptors (Lipinski definition) is 2. The molecule has 0 bridgehead atoms. The van der Waals surface area contributed by atoms with Crippen molar-refractivity contribution in [3.8, 4) is 0 Å². The number of fused-ring (bicyclic) bond motifs is 5. The summed E-state index contributed by atoms with van der Waals surface area (Å²) in [5, 5.41) is 0. The molecule has 130 valence electrons. The lowest BCUT2D eigenvalue weighted by molar-refractivity contribution is -0.124. The molecule has 0 saturated heterocycles. The SMILES string of the molecule is C[C@]12CCC(=O)C=C1CC[C@@H]1C2=CC[C@]2(C)[C@@H](C(=O)CI)CC[C@@H]12. The predicted molar refractivity (Wildman–Crippen MR) is 104 cm³/mol. The highest BCUT2D eigenvalue weighted by atomic mass is 127. The van der Waals surface area contributed by atoms with Crippen molar-refractivity contribution < 1.29 is 9.59 Å². The molecule has 0 aliphatic heterocycles. The Labute approximate surface area is 158 Å². The lowest BCUT2D eigenvalue weighted by atomic mass is 9.51. The minimum absolute atomic E-state index is 0.115. The van der Waals surface area contributed by atoms with Gasteiger partial charge in [0, 0.05) is 17.8 Å². The van der Waals surface area contributed by atoms with E-state index in [0.29, 0.717) is 34.3 Å². The van der Waals surface area contributed by atoms with E-state index in [2.05, 4.69) is 42.5 Å². The molecule has 2 saturated carbocycles. The van der Waals surface area contributed by atoms with Crippen molar-refractivity contribution in [3.05, 3.63) is 23.3 Å². The van der Waals surface area contributed by atoms with Crippen LogP contribution in [0.3, 0.4) is 0 Å². The molecule has 5 atom stereocenters. The number of hydrogen-bond donors (Lipinski definition) is 0. The molecule has 4 aliphatic rings. The average Bonchev–Trinajstić information content (AvgIpc) is 2.92. The lowest BCUT2D eigenvalue weighted by Gasteiger charge is -2.53. The number of ketones is 2. The van der Waals surface area contributed by atoms with Crippen molar-refractivity contribution in [1.29, 1.82) is 0 Å². The third kappa shape index (κ3) is 2.25. The third-order valence-corrected chi connectivity index (χ3v) is 8.61. The maximum absolute atomic E-state index is 12.5. The van der Waals surface area contributed by atoms with Gasteiger partial charge in [-0.1, -0.05) is 53.7 Å². The van der Waals surface area contributed by atoms with Gasteiger partial charge < -0.3 is 0 Å². The summed E-state index contributed by atoms with van der Waals surface area (Å²) in [5.74, 6) is 2.32. The van der Waals surface area contributed by atoms with Gasteiger partial charge in [-0.05, 0) is 61.9 Å². The van der Waals surface area contributed by atoms with Crippen LogP contribution in [0, 0.1) is 28.6 Å². The predicted octanol–water partition coefficient (Wildman–Crippen LogP) is 5.06. The molecule has 3 heteroatoms. The average molecular weight is 438 g/mol. The summed E-state index contributed by atoms with van der Waals surface area (Å²) in [7, 11) is 0. The zero-order valence-electron chi connectivity index (χ0n) is 14.7. The Morgan fingerprint density at radius 1 is 1.25 bits per heavy atom. The summed E-state index contributed by atoms with van der Waals surface area (Å²) < 4.78 is 0.651. The van der Waals surface area contributed by atoms with Gasteiger partial charge in [0.05, 0.1) is 4.43 Å². The van der Waals surface area contributed by atoms with Crippen LogP contribution in [-0.2, 0) is 9.59 Å². The molecule has 4 aliphatic carbocycles. The van der Waals surface area contributed by atoms with Crippen LogP contribution < -0.4 is 0 Å². The maximum Gasteiger partial charge on any atom is 0.155 e. The van der Waals surface area contributed by atoms with E-state index in [9.17, 15) is 9.59 Å². The molecule has 4 rings (SSSR count). The van der Waals surface area contributed by atoms with Crippen LogP contribution in [0.25, 0.3) is 0 Å². The highest BCUT2D eigenvalue weighted by Crippen LogP contribution is 2.64. The lowest BCUT2D eigenvalue weighted by Crippen LogP contribution is -2.45. The van der Waals surface area contributed by atoms with Crippen molar-refractivity contribution in [3.63, 3.8) is 0 Å². The fourth-order valence-corrected chi connectivity index (χ4v) is 7.01. The Morgan fingerprint density at radius 3 is 2.79 bits per heavy atom. The van der Waals surface area contributed by atoms with E-state index in [4.69, 9.17) is 0 Å². The molecule has 2 nitrogen and oxygen atoms in total. The largest absolute Gasteiger partial charge is 0.299 e. The number of alkyl halides is 1. The van der Waals surface area contributed by atoms with Crippen LogP contribution in [0.1, 0.15) is 58.8 Å². The Bertz CT molecular complexity index is 661. The minimum Gasteiger partial charge on any atom is -0.299 e. The van der Waals surface area contributed by atoms with Crippen LogP contribution in [0.2, 0.25) is 0 Å². The normalized spacial score (nSPS) is 44.1. The molecule has 0 N–H and O–H groups in total. The van der Waals surface area contributed by atoms with Crippen molar-refractivity contribution in [1.82, 2.24) is 0 Å². The van der Waals surface area contributed by atoms with Gasteiger partial charge in [-0.3, -0.25) is 9.59 Å². The number of carbonyl (C=O) groups excluding carboxylic acids is 2.